The van der Waals surface area contributed by atoms with Crippen LogP contribution in [0.3, 0.4) is 0 Å². The number of benzene rings is 1. The lowest BCUT2D eigenvalue weighted by Crippen LogP contribution is -2.10. The predicted octanol–water partition coefficient (Wildman–Crippen LogP) is 1.65. The van der Waals surface area contributed by atoms with Crippen molar-refractivity contribution in [2.24, 2.45) is 0 Å². The first-order chi connectivity index (χ1) is 6.25. The summed E-state index contributed by atoms with van der Waals surface area (Å²) in [5, 5.41) is 8.37. The maximum absolute atomic E-state index is 8.37. The number of nitrogens with zero attached hydrogens (tertiary/aromatic N) is 2. The second-order valence-electron chi connectivity index (χ2n) is 2.81. The summed E-state index contributed by atoms with van der Waals surface area (Å²) >= 11 is 0. The van der Waals surface area contributed by atoms with E-state index in [2.05, 4.69) is 0 Å². The van der Waals surface area contributed by atoms with Gasteiger partial charge in [0, 0.05) is 14.1 Å². The van der Waals surface area contributed by atoms with E-state index in [-0.39, 0.29) is 6.61 Å². The molecule has 13 heavy (non-hydrogen) atoms. The van der Waals surface area contributed by atoms with Crippen molar-refractivity contribution >= 4 is 5.69 Å². The number of para-hydroxylation sites is 2. The highest BCUT2D eigenvalue weighted by Gasteiger charge is 2.02. The Morgan fingerprint density at radius 1 is 1.38 bits per heavy atom. The molecule has 0 aliphatic heterocycles. The van der Waals surface area contributed by atoms with Crippen LogP contribution in [0, 0.1) is 11.3 Å². The van der Waals surface area contributed by atoms with Crippen LogP contribution in [0.15, 0.2) is 24.3 Å². The fourth-order valence-electron chi connectivity index (χ4n) is 1.06. The van der Waals surface area contributed by atoms with Gasteiger partial charge in [0.05, 0.1) is 5.69 Å². The quantitative estimate of drug-likeness (QED) is 0.702. The Morgan fingerprint density at radius 3 is 2.69 bits per heavy atom. The van der Waals surface area contributed by atoms with E-state index in [1.165, 1.54) is 0 Å². The molecule has 1 aromatic carbocycles. The molecule has 0 unspecified atom stereocenters. The summed E-state index contributed by atoms with van der Waals surface area (Å²) in [6.07, 6.45) is 0. The molecule has 0 radical (unpaired) electrons. The molecular weight excluding hydrogens is 164 g/mol. The molecule has 0 saturated heterocycles. The summed E-state index contributed by atoms with van der Waals surface area (Å²) in [6, 6.07) is 9.57. The molecule has 68 valence electrons. The Morgan fingerprint density at radius 2 is 2.08 bits per heavy atom. The van der Waals surface area contributed by atoms with Gasteiger partial charge in [0.1, 0.15) is 11.8 Å². The SMILES string of the molecule is CN(C)c1ccccc1OCC#N. The minimum absolute atomic E-state index is 0.0881. The zero-order valence-corrected chi connectivity index (χ0v) is 7.82. The number of hydrogen-bond donors (Lipinski definition) is 0. The zero-order valence-electron chi connectivity index (χ0n) is 7.82. The van der Waals surface area contributed by atoms with Crippen LogP contribution >= 0.6 is 0 Å². The van der Waals surface area contributed by atoms with Crippen molar-refractivity contribution in [2.45, 2.75) is 0 Å². The molecule has 0 heterocycles. The molecule has 3 heteroatoms. The number of anilines is 1. The van der Waals surface area contributed by atoms with Gasteiger partial charge in [0.25, 0.3) is 0 Å². The first-order valence-electron chi connectivity index (χ1n) is 4.02. The summed E-state index contributed by atoms with van der Waals surface area (Å²) in [6.45, 7) is 0.0881. The lowest BCUT2D eigenvalue weighted by atomic mass is 10.3. The third kappa shape index (κ3) is 2.38. The molecule has 0 N–H and O–H groups in total. The van der Waals surface area contributed by atoms with Crippen LogP contribution < -0.4 is 9.64 Å². The molecular formula is C10H12N2O. The van der Waals surface area contributed by atoms with Gasteiger partial charge < -0.3 is 9.64 Å². The van der Waals surface area contributed by atoms with Crippen LogP contribution in [-0.4, -0.2) is 20.7 Å². The van der Waals surface area contributed by atoms with E-state index in [4.69, 9.17) is 10.00 Å². The molecule has 3 nitrogen and oxygen atoms in total. The summed E-state index contributed by atoms with van der Waals surface area (Å²) in [7, 11) is 3.88. The van der Waals surface area contributed by atoms with E-state index in [0.717, 1.165) is 11.4 Å². The molecule has 0 fully saturated rings. The van der Waals surface area contributed by atoms with Crippen molar-refractivity contribution in [2.75, 3.05) is 25.6 Å². The number of nitriles is 1. The van der Waals surface area contributed by atoms with E-state index in [9.17, 15) is 0 Å². The topological polar surface area (TPSA) is 36.3 Å². The fraction of sp³-hybridized carbons (Fsp3) is 0.300. The standard InChI is InChI=1S/C10H12N2O/c1-12(2)9-5-3-4-6-10(9)13-8-7-11/h3-6H,8H2,1-2H3. The molecule has 0 aliphatic rings. The highest BCUT2D eigenvalue weighted by Crippen LogP contribution is 2.25. The van der Waals surface area contributed by atoms with E-state index in [1.807, 2.05) is 49.3 Å². The van der Waals surface area contributed by atoms with Crippen LogP contribution in [0.5, 0.6) is 5.75 Å². The molecule has 0 atom stereocenters. The molecule has 0 bridgehead atoms. The zero-order chi connectivity index (χ0) is 9.68. The Labute approximate surface area is 78.2 Å². The monoisotopic (exact) mass is 176 g/mol. The van der Waals surface area contributed by atoms with Crippen LogP contribution in [0.1, 0.15) is 0 Å². The molecule has 0 amide bonds. The van der Waals surface area contributed by atoms with Crippen molar-refractivity contribution in [3.8, 4) is 11.8 Å². The molecule has 0 aromatic heterocycles. The molecule has 1 aromatic rings. The highest BCUT2D eigenvalue weighted by atomic mass is 16.5. The largest absolute Gasteiger partial charge is 0.477 e. The Kier molecular flexibility index (Phi) is 3.15. The van der Waals surface area contributed by atoms with Gasteiger partial charge >= 0.3 is 0 Å². The molecule has 1 rings (SSSR count). The van der Waals surface area contributed by atoms with Gasteiger partial charge in [-0.25, -0.2) is 0 Å². The smallest absolute Gasteiger partial charge is 0.174 e. The van der Waals surface area contributed by atoms with Crippen molar-refractivity contribution in [3.05, 3.63) is 24.3 Å². The fourth-order valence-corrected chi connectivity index (χ4v) is 1.06. The van der Waals surface area contributed by atoms with E-state index >= 15 is 0 Å². The second-order valence-corrected chi connectivity index (χ2v) is 2.81. The summed E-state index contributed by atoms with van der Waals surface area (Å²) < 4.78 is 5.24. The molecule has 0 aliphatic carbocycles. The average molecular weight is 176 g/mol. The van der Waals surface area contributed by atoms with Crippen LogP contribution in [0.4, 0.5) is 5.69 Å². The van der Waals surface area contributed by atoms with Crippen LogP contribution in [0.25, 0.3) is 0 Å². The highest BCUT2D eigenvalue weighted by molar-refractivity contribution is 5.57. The second kappa shape index (κ2) is 4.36. The van der Waals surface area contributed by atoms with Gasteiger partial charge in [-0.15, -0.1) is 0 Å². The predicted molar refractivity (Wildman–Crippen MR) is 51.9 cm³/mol. The van der Waals surface area contributed by atoms with Gasteiger partial charge in [-0.2, -0.15) is 5.26 Å². The van der Waals surface area contributed by atoms with Gasteiger partial charge in [-0.3, -0.25) is 0 Å². The van der Waals surface area contributed by atoms with Crippen LogP contribution in [0.2, 0.25) is 0 Å². The first kappa shape index (κ1) is 9.40. The Balaban J connectivity index is 2.86. The van der Waals surface area contributed by atoms with Crippen molar-refractivity contribution in [1.82, 2.24) is 0 Å². The van der Waals surface area contributed by atoms with Gasteiger partial charge in [-0.1, -0.05) is 12.1 Å². The third-order valence-corrected chi connectivity index (χ3v) is 1.64. The molecule has 0 spiro atoms. The maximum atomic E-state index is 8.37. The summed E-state index contributed by atoms with van der Waals surface area (Å²) in [4.78, 5) is 1.95. The van der Waals surface area contributed by atoms with Gasteiger partial charge in [0.2, 0.25) is 0 Å². The minimum Gasteiger partial charge on any atom is -0.477 e. The normalized spacial score (nSPS) is 9.00. The van der Waals surface area contributed by atoms with E-state index in [1.54, 1.807) is 0 Å². The lowest BCUT2D eigenvalue weighted by molar-refractivity contribution is 0.369. The maximum Gasteiger partial charge on any atom is 0.174 e. The van der Waals surface area contributed by atoms with E-state index in [0.29, 0.717) is 0 Å². The van der Waals surface area contributed by atoms with Crippen molar-refractivity contribution < 1.29 is 4.74 Å². The third-order valence-electron chi connectivity index (χ3n) is 1.64. The summed E-state index contributed by atoms with van der Waals surface area (Å²) in [5.74, 6) is 0.744. The summed E-state index contributed by atoms with van der Waals surface area (Å²) in [5.41, 5.74) is 0.984. The molecule has 0 saturated carbocycles. The van der Waals surface area contributed by atoms with Gasteiger partial charge in [-0.05, 0) is 12.1 Å². The van der Waals surface area contributed by atoms with Gasteiger partial charge in [0.15, 0.2) is 6.61 Å². The van der Waals surface area contributed by atoms with Crippen molar-refractivity contribution in [3.63, 3.8) is 0 Å². The Bertz CT molecular complexity index is 315. The van der Waals surface area contributed by atoms with E-state index < -0.39 is 0 Å². The van der Waals surface area contributed by atoms with Crippen molar-refractivity contribution in [1.29, 1.82) is 5.26 Å². The van der Waals surface area contributed by atoms with Crippen LogP contribution in [-0.2, 0) is 0 Å². The number of ether oxygens (including phenoxy) is 1. The number of rotatable bonds is 3. The lowest BCUT2D eigenvalue weighted by Gasteiger charge is -2.16. The first-order valence-corrected chi connectivity index (χ1v) is 4.02. The minimum atomic E-state index is 0.0881. The average Bonchev–Trinajstić information content (AvgIpc) is 2.15. The Hall–Kier alpha value is -1.69. The number of hydrogen-bond acceptors (Lipinski definition) is 3.